The van der Waals surface area contributed by atoms with Gasteiger partial charge in [-0.2, -0.15) is 0 Å². The van der Waals surface area contributed by atoms with Crippen LogP contribution in [-0.4, -0.2) is 35.4 Å². The molecule has 0 amide bonds. The van der Waals surface area contributed by atoms with Crippen molar-refractivity contribution in [3.8, 4) is 0 Å². The van der Waals surface area contributed by atoms with Gasteiger partial charge in [0.2, 0.25) is 0 Å². The molecule has 1 aliphatic rings. The smallest absolute Gasteiger partial charge is 0.250 e. The number of likely N-dealkylation sites (tertiary alicyclic amines) is 1. The van der Waals surface area contributed by atoms with E-state index >= 15 is 0 Å². The van der Waals surface area contributed by atoms with Crippen molar-refractivity contribution >= 4 is 11.6 Å². The first-order valence-electron chi connectivity index (χ1n) is 5.95. The second kappa shape index (κ2) is 5.47. The maximum absolute atomic E-state index is 13.1. The molecule has 0 bridgehead atoms. The molecule has 2 heterocycles. The minimum Gasteiger partial charge on any atom is -0.329 e. The molecule has 0 aliphatic carbocycles. The number of hydrogen-bond acceptors (Lipinski definition) is 3. The highest BCUT2D eigenvalue weighted by atomic mass is 35.5. The number of nitrogens with two attached hydrogens (primary N) is 1. The van der Waals surface area contributed by atoms with Gasteiger partial charge < -0.3 is 5.73 Å². The van der Waals surface area contributed by atoms with Crippen molar-refractivity contribution in [2.75, 3.05) is 19.6 Å². The van der Waals surface area contributed by atoms with E-state index < -0.39 is 5.92 Å². The number of alkyl halides is 2. The van der Waals surface area contributed by atoms with Gasteiger partial charge in [-0.25, -0.2) is 13.8 Å². The molecule has 1 aromatic heterocycles. The van der Waals surface area contributed by atoms with Crippen LogP contribution in [0.15, 0.2) is 18.3 Å². The summed E-state index contributed by atoms with van der Waals surface area (Å²) in [5, 5.41) is 0.416. The Labute approximate surface area is 110 Å². The van der Waals surface area contributed by atoms with Crippen molar-refractivity contribution < 1.29 is 8.78 Å². The van der Waals surface area contributed by atoms with Gasteiger partial charge in [-0.15, -0.1) is 0 Å². The molecule has 0 unspecified atom stereocenters. The van der Waals surface area contributed by atoms with Crippen molar-refractivity contribution in [2.45, 2.75) is 24.8 Å². The number of aromatic nitrogens is 1. The summed E-state index contributed by atoms with van der Waals surface area (Å²) in [4.78, 5) is 5.99. The van der Waals surface area contributed by atoms with E-state index in [1.54, 1.807) is 12.3 Å². The molecule has 0 spiro atoms. The molecule has 2 rings (SSSR count). The van der Waals surface area contributed by atoms with Gasteiger partial charge in [-0.05, 0) is 11.6 Å². The van der Waals surface area contributed by atoms with Crippen LogP contribution in [0.2, 0.25) is 5.15 Å². The van der Waals surface area contributed by atoms with Crippen LogP contribution in [0.3, 0.4) is 0 Å². The second-order valence-corrected chi connectivity index (χ2v) is 4.94. The normalized spacial score (nSPS) is 21.8. The molecule has 100 valence electrons. The molecule has 1 aromatic rings. The predicted molar refractivity (Wildman–Crippen MR) is 66.8 cm³/mol. The Balaban J connectivity index is 2.08. The van der Waals surface area contributed by atoms with Gasteiger partial charge in [0.05, 0.1) is 0 Å². The Bertz CT molecular complexity index is 387. The van der Waals surface area contributed by atoms with Crippen molar-refractivity contribution in [3.05, 3.63) is 29.0 Å². The van der Waals surface area contributed by atoms with E-state index in [0.717, 1.165) is 5.56 Å². The highest BCUT2D eigenvalue weighted by Crippen LogP contribution is 2.32. The van der Waals surface area contributed by atoms with Crippen LogP contribution in [0.1, 0.15) is 24.4 Å². The Kier molecular flexibility index (Phi) is 4.14. The largest absolute Gasteiger partial charge is 0.329 e. The number of halogens is 3. The van der Waals surface area contributed by atoms with Crippen LogP contribution in [-0.2, 0) is 0 Å². The van der Waals surface area contributed by atoms with Crippen molar-refractivity contribution in [1.29, 1.82) is 0 Å². The lowest BCUT2D eigenvalue weighted by molar-refractivity contribution is -0.0627. The third-order valence-corrected chi connectivity index (χ3v) is 3.55. The number of rotatable bonds is 3. The van der Waals surface area contributed by atoms with E-state index in [4.69, 9.17) is 17.3 Å². The van der Waals surface area contributed by atoms with Gasteiger partial charge >= 0.3 is 0 Å². The minimum absolute atomic E-state index is 0.0640. The van der Waals surface area contributed by atoms with E-state index in [-0.39, 0.29) is 18.9 Å². The lowest BCUT2D eigenvalue weighted by Gasteiger charge is -2.37. The molecule has 1 atom stereocenters. The molecule has 18 heavy (non-hydrogen) atoms. The molecule has 1 aliphatic heterocycles. The number of pyridine rings is 1. The van der Waals surface area contributed by atoms with E-state index in [1.807, 2.05) is 11.0 Å². The first kappa shape index (κ1) is 13.6. The summed E-state index contributed by atoms with van der Waals surface area (Å²) in [5.41, 5.74) is 6.67. The summed E-state index contributed by atoms with van der Waals surface area (Å²) in [6.45, 7) is 1.10. The first-order chi connectivity index (χ1) is 8.52. The van der Waals surface area contributed by atoms with E-state index in [0.29, 0.717) is 24.8 Å². The van der Waals surface area contributed by atoms with Crippen molar-refractivity contribution in [1.82, 2.24) is 9.88 Å². The van der Waals surface area contributed by atoms with Gasteiger partial charge in [0, 0.05) is 44.7 Å². The highest BCUT2D eigenvalue weighted by molar-refractivity contribution is 6.29. The van der Waals surface area contributed by atoms with Crippen LogP contribution in [0.5, 0.6) is 0 Å². The molecular weight excluding hydrogens is 260 g/mol. The maximum atomic E-state index is 13.1. The second-order valence-electron chi connectivity index (χ2n) is 4.56. The fourth-order valence-corrected chi connectivity index (χ4v) is 2.35. The zero-order chi connectivity index (χ0) is 13.2. The quantitative estimate of drug-likeness (QED) is 0.862. The van der Waals surface area contributed by atoms with Gasteiger partial charge in [-0.1, -0.05) is 17.7 Å². The Hall–Kier alpha value is -0.780. The molecule has 0 radical (unpaired) electrons. The van der Waals surface area contributed by atoms with Crippen LogP contribution in [0, 0.1) is 0 Å². The summed E-state index contributed by atoms with van der Waals surface area (Å²) in [6.07, 6.45) is 1.45. The Morgan fingerprint density at radius 2 is 2.06 bits per heavy atom. The van der Waals surface area contributed by atoms with Gasteiger partial charge in [0.1, 0.15) is 5.15 Å². The highest BCUT2D eigenvalue weighted by Gasteiger charge is 2.36. The Morgan fingerprint density at radius 3 is 2.56 bits per heavy atom. The lowest BCUT2D eigenvalue weighted by atomic mass is 10.0. The first-order valence-corrected chi connectivity index (χ1v) is 6.33. The van der Waals surface area contributed by atoms with Crippen molar-refractivity contribution in [2.24, 2.45) is 5.73 Å². The van der Waals surface area contributed by atoms with E-state index in [9.17, 15) is 8.78 Å². The van der Waals surface area contributed by atoms with Crippen LogP contribution < -0.4 is 5.73 Å². The van der Waals surface area contributed by atoms with Crippen molar-refractivity contribution in [3.63, 3.8) is 0 Å². The summed E-state index contributed by atoms with van der Waals surface area (Å²) >= 11 is 5.73. The van der Waals surface area contributed by atoms with Gasteiger partial charge in [-0.3, -0.25) is 4.90 Å². The van der Waals surface area contributed by atoms with Gasteiger partial charge in [0.15, 0.2) is 0 Å². The SMILES string of the molecule is NC[C@H](c1ccc(Cl)nc1)N1CCC(F)(F)CC1. The molecule has 1 fully saturated rings. The minimum atomic E-state index is -2.53. The molecule has 0 saturated carbocycles. The van der Waals surface area contributed by atoms with E-state index in [2.05, 4.69) is 4.98 Å². The number of hydrogen-bond donors (Lipinski definition) is 1. The van der Waals surface area contributed by atoms with Crippen LogP contribution in [0.25, 0.3) is 0 Å². The molecule has 2 N–H and O–H groups in total. The topological polar surface area (TPSA) is 42.1 Å². The summed E-state index contributed by atoms with van der Waals surface area (Å²) in [6, 6.07) is 3.48. The summed E-state index contributed by atoms with van der Waals surface area (Å²) in [5.74, 6) is -2.53. The van der Waals surface area contributed by atoms with Crippen LogP contribution >= 0.6 is 11.6 Å². The monoisotopic (exact) mass is 275 g/mol. The summed E-state index contributed by atoms with van der Waals surface area (Å²) < 4.78 is 26.2. The maximum Gasteiger partial charge on any atom is 0.250 e. The third kappa shape index (κ3) is 3.16. The average molecular weight is 276 g/mol. The lowest BCUT2D eigenvalue weighted by Crippen LogP contribution is -2.43. The third-order valence-electron chi connectivity index (χ3n) is 3.33. The fourth-order valence-electron chi connectivity index (χ4n) is 2.24. The predicted octanol–water partition coefficient (Wildman–Crippen LogP) is 2.47. The van der Waals surface area contributed by atoms with E-state index in [1.165, 1.54) is 0 Å². The van der Waals surface area contributed by atoms with Crippen LogP contribution in [0.4, 0.5) is 8.78 Å². The average Bonchev–Trinajstić information content (AvgIpc) is 2.34. The fraction of sp³-hybridized carbons (Fsp3) is 0.583. The number of nitrogens with zero attached hydrogens (tertiary/aromatic N) is 2. The summed E-state index contributed by atoms with van der Waals surface area (Å²) in [7, 11) is 0. The molecular formula is C12H16ClF2N3. The molecule has 0 aromatic carbocycles. The number of piperidine rings is 1. The molecule has 6 heteroatoms. The zero-order valence-electron chi connectivity index (χ0n) is 9.95. The standard InChI is InChI=1S/C12H16ClF2N3/c13-11-2-1-9(8-17-11)10(7-16)18-5-3-12(14,15)4-6-18/h1-2,8,10H,3-7,16H2/t10-/m1/s1. The molecule has 1 saturated heterocycles. The zero-order valence-corrected chi connectivity index (χ0v) is 10.7. The van der Waals surface area contributed by atoms with Gasteiger partial charge in [0.25, 0.3) is 5.92 Å². The molecule has 3 nitrogen and oxygen atoms in total. The Morgan fingerprint density at radius 1 is 1.39 bits per heavy atom.